The Morgan fingerprint density at radius 3 is 2.93 bits per heavy atom. The largest absolute Gasteiger partial charge is 0.454 e. The van der Waals surface area contributed by atoms with Crippen molar-refractivity contribution < 1.29 is 18.7 Å². The van der Waals surface area contributed by atoms with E-state index in [9.17, 15) is 9.59 Å². The summed E-state index contributed by atoms with van der Waals surface area (Å²) in [7, 11) is 1.63. The number of pyridine rings is 1. The molecule has 0 bridgehead atoms. The van der Waals surface area contributed by atoms with E-state index < -0.39 is 0 Å². The number of carbonyl (C=O) groups excluding carboxylic acids is 1. The van der Waals surface area contributed by atoms with Crippen LogP contribution in [0.2, 0.25) is 0 Å². The van der Waals surface area contributed by atoms with Crippen molar-refractivity contribution in [1.29, 1.82) is 0 Å². The number of carbonyl (C=O) groups is 1. The Labute approximate surface area is 171 Å². The molecule has 9 nitrogen and oxygen atoms in total. The number of rotatable bonds is 3. The second-order valence-electron chi connectivity index (χ2n) is 7.44. The van der Waals surface area contributed by atoms with Gasteiger partial charge in [0.15, 0.2) is 11.5 Å². The molecule has 0 radical (unpaired) electrons. The highest BCUT2D eigenvalue weighted by Crippen LogP contribution is 2.36. The number of likely N-dealkylation sites (tertiary alicyclic amines) is 1. The van der Waals surface area contributed by atoms with Gasteiger partial charge in [-0.1, -0.05) is 0 Å². The van der Waals surface area contributed by atoms with E-state index in [4.69, 9.17) is 13.9 Å². The van der Waals surface area contributed by atoms with Crippen LogP contribution in [-0.2, 0) is 7.05 Å². The van der Waals surface area contributed by atoms with Gasteiger partial charge in [-0.15, -0.1) is 10.2 Å². The first kappa shape index (κ1) is 18.4. The zero-order valence-corrected chi connectivity index (χ0v) is 16.4. The van der Waals surface area contributed by atoms with E-state index in [0.29, 0.717) is 36.4 Å². The van der Waals surface area contributed by atoms with Gasteiger partial charge in [-0.2, -0.15) is 0 Å². The highest BCUT2D eigenvalue weighted by Gasteiger charge is 2.30. The van der Waals surface area contributed by atoms with Crippen LogP contribution in [0, 0.1) is 0 Å². The fourth-order valence-corrected chi connectivity index (χ4v) is 3.84. The Morgan fingerprint density at radius 2 is 2.03 bits per heavy atom. The zero-order chi connectivity index (χ0) is 20.7. The lowest BCUT2D eigenvalue weighted by atomic mass is 9.97. The normalized spacial score (nSPS) is 17.9. The molecule has 4 heterocycles. The van der Waals surface area contributed by atoms with Gasteiger partial charge in [-0.05, 0) is 43.2 Å². The quantitative estimate of drug-likeness (QED) is 0.655. The first-order valence-corrected chi connectivity index (χ1v) is 9.78. The van der Waals surface area contributed by atoms with E-state index in [0.717, 1.165) is 18.4 Å². The highest BCUT2D eigenvalue weighted by atomic mass is 16.7. The Bertz CT molecular complexity index is 1170. The number of amides is 1. The van der Waals surface area contributed by atoms with Crippen LogP contribution in [0.4, 0.5) is 0 Å². The summed E-state index contributed by atoms with van der Waals surface area (Å²) in [6.45, 7) is 1.22. The molecule has 1 fully saturated rings. The maximum Gasteiger partial charge on any atom is 0.263 e. The molecule has 3 aromatic rings. The number of nitrogens with zero attached hydrogens (tertiary/aromatic N) is 4. The smallest absolute Gasteiger partial charge is 0.263 e. The lowest BCUT2D eigenvalue weighted by Gasteiger charge is -2.31. The van der Waals surface area contributed by atoms with Crippen molar-refractivity contribution in [3.05, 3.63) is 58.3 Å². The van der Waals surface area contributed by atoms with Crippen LogP contribution in [0.3, 0.4) is 0 Å². The number of aryl methyl sites for hydroxylation is 1. The van der Waals surface area contributed by atoms with Crippen LogP contribution in [0.5, 0.6) is 11.5 Å². The molecule has 0 N–H and O–H groups in total. The lowest BCUT2D eigenvalue weighted by molar-refractivity contribution is 0.0696. The molecule has 0 aliphatic carbocycles. The van der Waals surface area contributed by atoms with Gasteiger partial charge in [0.25, 0.3) is 11.5 Å². The number of ether oxygens (including phenoxy) is 2. The van der Waals surface area contributed by atoms with Crippen LogP contribution in [0.15, 0.2) is 45.7 Å². The maximum atomic E-state index is 12.9. The molecule has 154 valence electrons. The predicted octanol–water partition coefficient (Wildman–Crippen LogP) is 2.18. The molecule has 1 amide bonds. The van der Waals surface area contributed by atoms with Crippen LogP contribution in [-0.4, -0.2) is 45.5 Å². The van der Waals surface area contributed by atoms with Gasteiger partial charge >= 0.3 is 0 Å². The SMILES string of the molecule is Cn1cccc(C(=O)N2CCCC(c3nnc(-c4ccc5c(c4)OCO5)o3)C2)c1=O. The summed E-state index contributed by atoms with van der Waals surface area (Å²) in [4.78, 5) is 26.9. The second kappa shape index (κ2) is 7.33. The topological polar surface area (TPSA) is 99.7 Å². The number of hydrogen-bond acceptors (Lipinski definition) is 7. The maximum absolute atomic E-state index is 12.9. The van der Waals surface area contributed by atoms with Crippen molar-refractivity contribution in [1.82, 2.24) is 19.7 Å². The Balaban J connectivity index is 1.35. The summed E-state index contributed by atoms with van der Waals surface area (Å²) >= 11 is 0. The van der Waals surface area contributed by atoms with E-state index >= 15 is 0 Å². The zero-order valence-electron chi connectivity index (χ0n) is 16.4. The molecule has 1 saturated heterocycles. The number of fused-ring (bicyclic) bond motifs is 1. The predicted molar refractivity (Wildman–Crippen MR) is 105 cm³/mol. The third-order valence-corrected chi connectivity index (χ3v) is 5.47. The molecule has 1 unspecified atom stereocenters. The fourth-order valence-electron chi connectivity index (χ4n) is 3.84. The molecule has 1 aromatic carbocycles. The molecule has 2 aliphatic rings. The van der Waals surface area contributed by atoms with Crippen molar-refractivity contribution >= 4 is 5.91 Å². The first-order valence-electron chi connectivity index (χ1n) is 9.78. The summed E-state index contributed by atoms with van der Waals surface area (Å²) < 4.78 is 18.1. The van der Waals surface area contributed by atoms with Gasteiger partial charge in [-0.25, -0.2) is 0 Å². The second-order valence-corrected chi connectivity index (χ2v) is 7.44. The standard InChI is InChI=1S/C21H20N4O5/c1-24-8-3-5-15(20(24)26)21(27)25-9-2-4-14(11-25)19-23-22-18(30-19)13-6-7-16-17(10-13)29-12-28-16/h3,5-8,10,14H,2,4,9,11-12H2,1H3. The average molecular weight is 408 g/mol. The molecule has 9 heteroatoms. The van der Waals surface area contributed by atoms with E-state index in [1.165, 1.54) is 4.57 Å². The summed E-state index contributed by atoms with van der Waals surface area (Å²) in [6, 6.07) is 8.72. The highest BCUT2D eigenvalue weighted by molar-refractivity contribution is 5.93. The molecule has 5 rings (SSSR count). The minimum Gasteiger partial charge on any atom is -0.454 e. The van der Waals surface area contributed by atoms with E-state index in [1.807, 2.05) is 18.2 Å². The molecular weight excluding hydrogens is 388 g/mol. The van der Waals surface area contributed by atoms with E-state index in [1.54, 1.807) is 30.3 Å². The van der Waals surface area contributed by atoms with Crippen molar-refractivity contribution in [2.45, 2.75) is 18.8 Å². The molecular formula is C21H20N4O5. The molecule has 0 spiro atoms. The third-order valence-electron chi connectivity index (χ3n) is 5.47. The van der Waals surface area contributed by atoms with E-state index in [-0.39, 0.29) is 29.7 Å². The summed E-state index contributed by atoms with van der Waals surface area (Å²) in [5, 5.41) is 8.39. The van der Waals surface area contributed by atoms with Crippen molar-refractivity contribution in [3.8, 4) is 23.0 Å². The Hall–Kier alpha value is -3.62. The molecule has 30 heavy (non-hydrogen) atoms. The number of hydrogen-bond donors (Lipinski definition) is 0. The van der Waals surface area contributed by atoms with E-state index in [2.05, 4.69) is 10.2 Å². The molecule has 2 aromatic heterocycles. The molecule has 0 saturated carbocycles. The minimum atomic E-state index is -0.299. The van der Waals surface area contributed by atoms with Gasteiger partial charge in [0, 0.05) is 31.9 Å². The van der Waals surface area contributed by atoms with Gasteiger partial charge in [-0.3, -0.25) is 9.59 Å². The number of benzene rings is 1. The fraction of sp³-hybridized carbons (Fsp3) is 0.333. The number of aromatic nitrogens is 3. The summed E-state index contributed by atoms with van der Waals surface area (Å²) in [6.07, 6.45) is 3.26. The van der Waals surface area contributed by atoms with Crippen LogP contribution in [0.25, 0.3) is 11.5 Å². The van der Waals surface area contributed by atoms with Gasteiger partial charge in [0.1, 0.15) is 5.56 Å². The average Bonchev–Trinajstić information content (AvgIpc) is 3.44. The minimum absolute atomic E-state index is 0.0782. The van der Waals surface area contributed by atoms with Gasteiger partial charge in [0.05, 0.1) is 5.92 Å². The Morgan fingerprint density at radius 1 is 1.17 bits per heavy atom. The van der Waals surface area contributed by atoms with Gasteiger partial charge in [0.2, 0.25) is 18.6 Å². The summed E-state index contributed by atoms with van der Waals surface area (Å²) in [5.74, 6) is 1.87. The van der Waals surface area contributed by atoms with Crippen LogP contribution in [0.1, 0.15) is 35.0 Å². The van der Waals surface area contributed by atoms with Crippen LogP contribution < -0.4 is 15.0 Å². The third kappa shape index (κ3) is 3.22. The first-order chi connectivity index (χ1) is 14.6. The monoisotopic (exact) mass is 408 g/mol. The summed E-state index contributed by atoms with van der Waals surface area (Å²) in [5.41, 5.74) is 0.620. The molecule has 1 atom stereocenters. The van der Waals surface area contributed by atoms with Crippen molar-refractivity contribution in [2.75, 3.05) is 19.9 Å². The lowest BCUT2D eigenvalue weighted by Crippen LogP contribution is -2.41. The van der Waals surface area contributed by atoms with Gasteiger partial charge < -0.3 is 23.4 Å². The van der Waals surface area contributed by atoms with Crippen molar-refractivity contribution in [3.63, 3.8) is 0 Å². The Kier molecular flexibility index (Phi) is 4.50. The number of piperidine rings is 1. The molecule has 2 aliphatic heterocycles. The van der Waals surface area contributed by atoms with Crippen molar-refractivity contribution in [2.24, 2.45) is 7.05 Å². The van der Waals surface area contributed by atoms with Crippen LogP contribution >= 0.6 is 0 Å².